The number of nitrogens with zero attached hydrogens (tertiary/aromatic N) is 4. The van der Waals surface area contributed by atoms with Gasteiger partial charge >= 0.3 is 0 Å². The number of rotatable bonds is 4. The van der Waals surface area contributed by atoms with Gasteiger partial charge in [0, 0.05) is 43.3 Å². The van der Waals surface area contributed by atoms with Crippen molar-refractivity contribution in [3.63, 3.8) is 0 Å². The minimum Gasteiger partial charge on any atom is -0.360 e. The first-order valence-electron chi connectivity index (χ1n) is 6.66. The highest BCUT2D eigenvalue weighted by Gasteiger charge is 2.20. The average molecular weight is 278 g/mol. The Morgan fingerprint density at radius 2 is 2.16 bits per heavy atom. The van der Waals surface area contributed by atoms with E-state index >= 15 is 0 Å². The van der Waals surface area contributed by atoms with Crippen LogP contribution in [0.4, 0.5) is 5.13 Å². The van der Waals surface area contributed by atoms with Crippen LogP contribution in [0, 0.1) is 0 Å². The quantitative estimate of drug-likeness (QED) is 0.856. The molecule has 0 spiro atoms. The number of aryl methyl sites for hydroxylation is 1. The first-order valence-corrected chi connectivity index (χ1v) is 7.48. The van der Waals surface area contributed by atoms with Gasteiger partial charge in [0.15, 0.2) is 10.9 Å². The molecule has 0 saturated carbocycles. The summed E-state index contributed by atoms with van der Waals surface area (Å²) in [7, 11) is 0. The molecule has 3 heterocycles. The molecule has 0 atom stereocenters. The van der Waals surface area contributed by atoms with E-state index in [2.05, 4.69) is 26.9 Å². The van der Waals surface area contributed by atoms with Crippen LogP contribution in [0.25, 0.3) is 0 Å². The van der Waals surface area contributed by atoms with Gasteiger partial charge in [-0.2, -0.15) is 0 Å². The Morgan fingerprint density at radius 1 is 1.32 bits per heavy atom. The maximum Gasteiger partial charge on any atom is 0.185 e. The summed E-state index contributed by atoms with van der Waals surface area (Å²) in [5, 5.41) is 4.91. The maximum atomic E-state index is 5.15. The molecular weight excluding hydrogens is 260 g/mol. The lowest BCUT2D eigenvalue weighted by molar-refractivity contribution is 0.219. The summed E-state index contributed by atoms with van der Waals surface area (Å²) in [6.45, 7) is 7.18. The van der Waals surface area contributed by atoms with Crippen molar-refractivity contribution in [2.24, 2.45) is 0 Å². The first kappa shape index (κ1) is 12.6. The highest BCUT2D eigenvalue weighted by atomic mass is 32.1. The van der Waals surface area contributed by atoms with E-state index in [0.29, 0.717) is 0 Å². The molecule has 0 unspecified atom stereocenters. The van der Waals surface area contributed by atoms with E-state index in [4.69, 9.17) is 4.52 Å². The molecule has 19 heavy (non-hydrogen) atoms. The summed E-state index contributed by atoms with van der Waals surface area (Å²) in [5.74, 6) is 0.941. The molecule has 0 aliphatic carbocycles. The topological polar surface area (TPSA) is 45.4 Å². The normalized spacial score (nSPS) is 17.0. The average Bonchev–Trinajstić information content (AvgIpc) is 3.10. The highest BCUT2D eigenvalue weighted by molar-refractivity contribution is 7.15. The maximum absolute atomic E-state index is 5.15. The largest absolute Gasteiger partial charge is 0.360 e. The Morgan fingerprint density at radius 3 is 2.79 bits per heavy atom. The Bertz CT molecular complexity index is 502. The van der Waals surface area contributed by atoms with E-state index < -0.39 is 0 Å². The molecule has 102 valence electrons. The van der Waals surface area contributed by atoms with Gasteiger partial charge in [-0.05, 0) is 6.42 Å². The summed E-state index contributed by atoms with van der Waals surface area (Å²) in [6.07, 6.45) is 4.78. The summed E-state index contributed by atoms with van der Waals surface area (Å²) in [4.78, 5) is 10.6. The SMILES string of the molecule is CCc1cnc(N2CCN(Cc3ccno3)CC2)s1. The molecule has 0 amide bonds. The van der Waals surface area contributed by atoms with Gasteiger partial charge in [-0.25, -0.2) is 4.98 Å². The number of hydrogen-bond donors (Lipinski definition) is 0. The lowest BCUT2D eigenvalue weighted by atomic mass is 10.3. The molecule has 2 aromatic heterocycles. The van der Waals surface area contributed by atoms with Crippen LogP contribution in [0.15, 0.2) is 23.0 Å². The fourth-order valence-corrected chi connectivity index (χ4v) is 3.15. The predicted octanol–water partition coefficient (Wildman–Crippen LogP) is 2.02. The third-order valence-corrected chi connectivity index (χ3v) is 4.61. The molecule has 2 aromatic rings. The van der Waals surface area contributed by atoms with Crippen LogP contribution in [0.3, 0.4) is 0 Å². The summed E-state index contributed by atoms with van der Waals surface area (Å²) < 4.78 is 5.15. The number of hydrogen-bond acceptors (Lipinski definition) is 6. The Labute approximate surface area is 116 Å². The van der Waals surface area contributed by atoms with Crippen LogP contribution in [-0.2, 0) is 13.0 Å². The fourth-order valence-electron chi connectivity index (χ4n) is 2.25. The molecule has 6 heteroatoms. The van der Waals surface area contributed by atoms with Crippen molar-refractivity contribution < 1.29 is 4.52 Å². The van der Waals surface area contributed by atoms with Gasteiger partial charge in [-0.1, -0.05) is 12.1 Å². The van der Waals surface area contributed by atoms with Gasteiger partial charge in [0.1, 0.15) is 0 Å². The molecule has 0 bridgehead atoms. The standard InChI is InChI=1S/C13H18N4OS/c1-2-12-9-14-13(19-12)17-7-5-16(6-8-17)10-11-3-4-15-18-11/h3-4,9H,2,5-8,10H2,1H3. The van der Waals surface area contributed by atoms with Crippen molar-refractivity contribution in [1.82, 2.24) is 15.0 Å². The van der Waals surface area contributed by atoms with Gasteiger partial charge in [0.25, 0.3) is 0 Å². The van der Waals surface area contributed by atoms with Crippen molar-refractivity contribution in [3.8, 4) is 0 Å². The van der Waals surface area contributed by atoms with Gasteiger partial charge < -0.3 is 9.42 Å². The molecular formula is C13H18N4OS. The zero-order valence-corrected chi connectivity index (χ0v) is 11.9. The molecule has 0 aromatic carbocycles. The number of thiazole rings is 1. The van der Waals surface area contributed by atoms with Gasteiger partial charge in [0.05, 0.1) is 12.7 Å². The molecule has 0 N–H and O–H groups in total. The third kappa shape index (κ3) is 2.96. The smallest absolute Gasteiger partial charge is 0.185 e. The fraction of sp³-hybridized carbons (Fsp3) is 0.538. The molecule has 0 radical (unpaired) electrons. The monoisotopic (exact) mass is 278 g/mol. The zero-order valence-electron chi connectivity index (χ0n) is 11.1. The second kappa shape index (κ2) is 5.71. The minimum absolute atomic E-state index is 0.853. The van der Waals surface area contributed by atoms with E-state index in [-0.39, 0.29) is 0 Å². The molecule has 1 aliphatic heterocycles. The minimum atomic E-state index is 0.853. The Balaban J connectivity index is 1.54. The predicted molar refractivity (Wildman–Crippen MR) is 75.5 cm³/mol. The highest BCUT2D eigenvalue weighted by Crippen LogP contribution is 2.24. The summed E-state index contributed by atoms with van der Waals surface area (Å²) in [6, 6.07) is 1.93. The lowest BCUT2D eigenvalue weighted by Crippen LogP contribution is -2.45. The van der Waals surface area contributed by atoms with Gasteiger partial charge in [0.2, 0.25) is 0 Å². The molecule has 1 saturated heterocycles. The van der Waals surface area contributed by atoms with Crippen molar-refractivity contribution in [2.45, 2.75) is 19.9 Å². The van der Waals surface area contributed by atoms with E-state index in [1.165, 1.54) is 4.88 Å². The Kier molecular flexibility index (Phi) is 3.79. The van der Waals surface area contributed by atoms with E-state index in [1.54, 1.807) is 6.20 Å². The van der Waals surface area contributed by atoms with E-state index in [1.807, 2.05) is 23.6 Å². The van der Waals surface area contributed by atoms with Gasteiger partial charge in [-0.15, -0.1) is 11.3 Å². The summed E-state index contributed by atoms with van der Waals surface area (Å²) >= 11 is 1.81. The van der Waals surface area contributed by atoms with Crippen LogP contribution < -0.4 is 4.90 Å². The third-order valence-electron chi connectivity index (χ3n) is 3.40. The van der Waals surface area contributed by atoms with Crippen LogP contribution in [0.1, 0.15) is 17.6 Å². The molecule has 3 rings (SSSR count). The number of aromatic nitrogens is 2. The van der Waals surface area contributed by atoms with Crippen LogP contribution in [0.5, 0.6) is 0 Å². The van der Waals surface area contributed by atoms with Crippen molar-refractivity contribution in [3.05, 3.63) is 29.1 Å². The van der Waals surface area contributed by atoms with E-state index in [9.17, 15) is 0 Å². The number of piperazine rings is 1. The summed E-state index contributed by atoms with van der Waals surface area (Å²) in [5.41, 5.74) is 0. The number of anilines is 1. The zero-order chi connectivity index (χ0) is 13.1. The molecule has 1 fully saturated rings. The van der Waals surface area contributed by atoms with Gasteiger partial charge in [-0.3, -0.25) is 4.90 Å². The van der Waals surface area contributed by atoms with Crippen molar-refractivity contribution in [1.29, 1.82) is 0 Å². The second-order valence-electron chi connectivity index (χ2n) is 4.70. The molecule has 1 aliphatic rings. The van der Waals surface area contributed by atoms with Crippen LogP contribution in [0.2, 0.25) is 0 Å². The van der Waals surface area contributed by atoms with Crippen LogP contribution >= 0.6 is 11.3 Å². The Hall–Kier alpha value is -1.40. The second-order valence-corrected chi connectivity index (χ2v) is 5.80. The van der Waals surface area contributed by atoms with E-state index in [0.717, 1.165) is 50.0 Å². The molecule has 5 nitrogen and oxygen atoms in total. The van der Waals surface area contributed by atoms with Crippen molar-refractivity contribution in [2.75, 3.05) is 31.1 Å². The van der Waals surface area contributed by atoms with Crippen molar-refractivity contribution >= 4 is 16.5 Å². The first-order chi connectivity index (χ1) is 9.35. The lowest BCUT2D eigenvalue weighted by Gasteiger charge is -2.33. The van der Waals surface area contributed by atoms with Crippen LogP contribution in [-0.4, -0.2) is 41.2 Å².